The van der Waals surface area contributed by atoms with Crippen LogP contribution in [0.5, 0.6) is 0 Å². The summed E-state index contributed by atoms with van der Waals surface area (Å²) < 4.78 is 0. The molecule has 1 atom stereocenters. The minimum absolute atomic E-state index is 0.144. The molecule has 112 valence electrons. The van der Waals surface area contributed by atoms with Crippen molar-refractivity contribution in [3.05, 3.63) is 35.7 Å². The first-order valence-corrected chi connectivity index (χ1v) is 6.27. The van der Waals surface area contributed by atoms with E-state index >= 15 is 0 Å². The van der Waals surface area contributed by atoms with Gasteiger partial charge in [0.05, 0.1) is 5.56 Å². The highest BCUT2D eigenvalue weighted by Crippen LogP contribution is 2.07. The molecule has 0 fully saturated rings. The van der Waals surface area contributed by atoms with E-state index < -0.39 is 23.8 Å². The van der Waals surface area contributed by atoms with Gasteiger partial charge >= 0.3 is 5.97 Å². The van der Waals surface area contributed by atoms with Crippen LogP contribution in [-0.4, -0.2) is 33.9 Å². The molecule has 0 saturated carbocycles. The molecule has 21 heavy (non-hydrogen) atoms. The smallest absolute Gasteiger partial charge is 0.328 e. The highest BCUT2D eigenvalue weighted by atomic mass is 16.4. The first kappa shape index (κ1) is 16.4. The predicted molar refractivity (Wildman–Crippen MR) is 76.2 cm³/mol. The zero-order valence-electron chi connectivity index (χ0n) is 11.7. The average molecular weight is 291 g/mol. The van der Waals surface area contributed by atoms with Gasteiger partial charge in [-0.05, 0) is 23.6 Å². The first-order chi connectivity index (χ1) is 9.81. The van der Waals surface area contributed by atoms with Gasteiger partial charge in [-0.25, -0.2) is 4.79 Å². The fourth-order valence-corrected chi connectivity index (χ4v) is 1.63. The Kier molecular flexibility index (Phi) is 5.59. The summed E-state index contributed by atoms with van der Waals surface area (Å²) in [5.74, 6) is -2.35. The second kappa shape index (κ2) is 7.18. The SMILES string of the molecule is CC(C)C(NC(=O)c1cncc(/C=C/C(=O)O)c1)C(N)=O. The molecule has 1 aromatic rings. The Labute approximate surface area is 121 Å². The molecular formula is C14H17N3O4. The fourth-order valence-electron chi connectivity index (χ4n) is 1.63. The summed E-state index contributed by atoms with van der Waals surface area (Å²) in [4.78, 5) is 37.6. The third-order valence-electron chi connectivity index (χ3n) is 2.70. The highest BCUT2D eigenvalue weighted by molar-refractivity contribution is 5.97. The molecule has 0 aliphatic heterocycles. The van der Waals surface area contributed by atoms with Crippen molar-refractivity contribution in [2.24, 2.45) is 11.7 Å². The van der Waals surface area contributed by atoms with E-state index in [2.05, 4.69) is 10.3 Å². The van der Waals surface area contributed by atoms with Crippen LogP contribution < -0.4 is 11.1 Å². The molecule has 0 bridgehead atoms. The Morgan fingerprint density at radius 2 is 2.00 bits per heavy atom. The van der Waals surface area contributed by atoms with Crippen LogP contribution in [0.1, 0.15) is 29.8 Å². The van der Waals surface area contributed by atoms with E-state index in [0.29, 0.717) is 5.56 Å². The summed E-state index contributed by atoms with van der Waals surface area (Å²) in [6.07, 6.45) is 5.01. The lowest BCUT2D eigenvalue weighted by molar-refractivity contribution is -0.131. The van der Waals surface area contributed by atoms with Gasteiger partial charge in [-0.3, -0.25) is 14.6 Å². The van der Waals surface area contributed by atoms with Crippen LogP contribution in [0.2, 0.25) is 0 Å². The second-order valence-electron chi connectivity index (χ2n) is 4.78. The third kappa shape index (κ3) is 5.06. The summed E-state index contributed by atoms with van der Waals surface area (Å²) in [6, 6.07) is 0.691. The molecule has 0 aromatic carbocycles. The van der Waals surface area contributed by atoms with Crippen molar-refractivity contribution < 1.29 is 19.5 Å². The number of hydrogen-bond donors (Lipinski definition) is 3. The second-order valence-corrected chi connectivity index (χ2v) is 4.78. The summed E-state index contributed by atoms with van der Waals surface area (Å²) >= 11 is 0. The Hall–Kier alpha value is -2.70. The summed E-state index contributed by atoms with van der Waals surface area (Å²) in [5, 5.41) is 11.1. The number of aliphatic carboxylic acids is 1. The number of nitrogens with one attached hydrogen (secondary N) is 1. The largest absolute Gasteiger partial charge is 0.478 e. The lowest BCUT2D eigenvalue weighted by Gasteiger charge is -2.18. The van der Waals surface area contributed by atoms with Crippen LogP contribution in [0.25, 0.3) is 6.08 Å². The van der Waals surface area contributed by atoms with Crippen molar-refractivity contribution in [1.29, 1.82) is 0 Å². The molecule has 1 aromatic heterocycles. The number of rotatable bonds is 6. The monoisotopic (exact) mass is 291 g/mol. The molecule has 0 aliphatic carbocycles. The number of carbonyl (C=O) groups is 3. The minimum atomic E-state index is -1.10. The molecule has 0 saturated heterocycles. The minimum Gasteiger partial charge on any atom is -0.478 e. The Morgan fingerprint density at radius 3 is 2.52 bits per heavy atom. The van der Waals surface area contributed by atoms with Crippen molar-refractivity contribution in [3.63, 3.8) is 0 Å². The number of carbonyl (C=O) groups excluding carboxylic acids is 2. The number of pyridine rings is 1. The Morgan fingerprint density at radius 1 is 1.33 bits per heavy atom. The maximum atomic E-state index is 12.1. The summed E-state index contributed by atoms with van der Waals surface area (Å²) in [6.45, 7) is 3.53. The number of hydrogen-bond acceptors (Lipinski definition) is 4. The number of carboxylic acids is 1. The molecule has 4 N–H and O–H groups in total. The summed E-state index contributed by atoms with van der Waals surface area (Å²) in [7, 11) is 0. The van der Waals surface area contributed by atoms with Crippen LogP contribution in [0.4, 0.5) is 0 Å². The molecule has 1 heterocycles. The molecule has 1 unspecified atom stereocenters. The van der Waals surface area contributed by atoms with Crippen molar-refractivity contribution >= 4 is 23.9 Å². The van der Waals surface area contributed by atoms with Crippen molar-refractivity contribution in [1.82, 2.24) is 10.3 Å². The van der Waals surface area contributed by atoms with E-state index in [0.717, 1.165) is 6.08 Å². The molecular weight excluding hydrogens is 274 g/mol. The number of primary amides is 1. The molecule has 0 radical (unpaired) electrons. The van der Waals surface area contributed by atoms with Crippen LogP contribution in [0.3, 0.4) is 0 Å². The topological polar surface area (TPSA) is 122 Å². The quantitative estimate of drug-likeness (QED) is 0.655. The van der Waals surface area contributed by atoms with Gasteiger partial charge in [0.2, 0.25) is 5.91 Å². The average Bonchev–Trinajstić information content (AvgIpc) is 2.41. The summed E-state index contributed by atoms with van der Waals surface area (Å²) in [5.41, 5.74) is 5.91. The molecule has 7 nitrogen and oxygen atoms in total. The molecule has 0 aliphatic rings. The van der Waals surface area contributed by atoms with E-state index in [9.17, 15) is 14.4 Å². The van der Waals surface area contributed by atoms with Gasteiger partial charge in [-0.2, -0.15) is 0 Å². The number of nitrogens with two attached hydrogens (primary N) is 1. The van der Waals surface area contributed by atoms with Gasteiger partial charge < -0.3 is 16.2 Å². The van der Waals surface area contributed by atoms with Crippen molar-refractivity contribution in [2.45, 2.75) is 19.9 Å². The van der Waals surface area contributed by atoms with Gasteiger partial charge in [-0.1, -0.05) is 13.8 Å². The fraction of sp³-hybridized carbons (Fsp3) is 0.286. The molecule has 2 amide bonds. The predicted octanol–water partition coefficient (Wildman–Crippen LogP) is 0.419. The highest BCUT2D eigenvalue weighted by Gasteiger charge is 2.22. The van der Waals surface area contributed by atoms with Crippen LogP contribution in [-0.2, 0) is 9.59 Å². The maximum absolute atomic E-state index is 12.1. The van der Waals surface area contributed by atoms with E-state index in [1.54, 1.807) is 13.8 Å². The van der Waals surface area contributed by atoms with Crippen molar-refractivity contribution in [3.8, 4) is 0 Å². The van der Waals surface area contributed by atoms with Crippen molar-refractivity contribution in [2.75, 3.05) is 0 Å². The van der Waals surface area contributed by atoms with E-state index in [4.69, 9.17) is 10.8 Å². The number of amides is 2. The molecule has 7 heteroatoms. The van der Waals surface area contributed by atoms with Gasteiger partial charge in [0.15, 0.2) is 0 Å². The zero-order valence-corrected chi connectivity index (χ0v) is 11.7. The van der Waals surface area contributed by atoms with E-state index in [1.165, 1.54) is 24.5 Å². The lowest BCUT2D eigenvalue weighted by atomic mass is 10.0. The zero-order chi connectivity index (χ0) is 16.0. The third-order valence-corrected chi connectivity index (χ3v) is 2.70. The first-order valence-electron chi connectivity index (χ1n) is 6.27. The Balaban J connectivity index is 2.90. The molecule has 0 spiro atoms. The van der Waals surface area contributed by atoms with Gasteiger partial charge in [-0.15, -0.1) is 0 Å². The normalized spacial score (nSPS) is 12.3. The standard InChI is InChI=1S/C14H17N3O4/c1-8(2)12(13(15)20)17-14(21)10-5-9(6-16-7-10)3-4-11(18)19/h3-8,12H,1-2H3,(H2,15,20)(H,17,21)(H,18,19)/b4-3+. The number of carboxylic acid groups (broad SMARTS) is 1. The van der Waals surface area contributed by atoms with E-state index in [1.807, 2.05) is 0 Å². The van der Waals surface area contributed by atoms with Gasteiger partial charge in [0.1, 0.15) is 6.04 Å². The van der Waals surface area contributed by atoms with Crippen LogP contribution in [0.15, 0.2) is 24.5 Å². The molecule has 1 rings (SSSR count). The number of nitrogens with zero attached hydrogens (tertiary/aromatic N) is 1. The van der Waals surface area contributed by atoms with Gasteiger partial charge in [0.25, 0.3) is 5.91 Å². The number of aromatic nitrogens is 1. The van der Waals surface area contributed by atoms with Gasteiger partial charge in [0, 0.05) is 18.5 Å². The lowest BCUT2D eigenvalue weighted by Crippen LogP contribution is -2.47. The van der Waals surface area contributed by atoms with Crippen LogP contribution in [0, 0.1) is 5.92 Å². The van der Waals surface area contributed by atoms with Crippen LogP contribution >= 0.6 is 0 Å². The maximum Gasteiger partial charge on any atom is 0.328 e. The Bertz CT molecular complexity index is 581. The van der Waals surface area contributed by atoms with E-state index in [-0.39, 0.29) is 11.5 Å².